The molecule has 0 aliphatic carbocycles. The zero-order chi connectivity index (χ0) is 20.1. The molecule has 4 amide bonds. The number of nitrogens with zero attached hydrogens (tertiary/aromatic N) is 3. The number of nitrogens with one attached hydrogen (secondary N) is 1. The van der Waals surface area contributed by atoms with Crippen molar-refractivity contribution in [1.82, 2.24) is 9.80 Å². The molecule has 9 nitrogen and oxygen atoms in total. The number of benzene rings is 1. The van der Waals surface area contributed by atoms with Gasteiger partial charge in [0.15, 0.2) is 6.61 Å². The van der Waals surface area contributed by atoms with Crippen LogP contribution in [0.2, 0.25) is 0 Å². The summed E-state index contributed by atoms with van der Waals surface area (Å²) in [5.41, 5.74) is 1.72. The molecule has 0 atom stereocenters. The molecule has 1 aromatic carbocycles. The highest BCUT2D eigenvalue weighted by molar-refractivity contribution is 6.04. The van der Waals surface area contributed by atoms with Gasteiger partial charge in [0, 0.05) is 31.5 Å². The van der Waals surface area contributed by atoms with E-state index >= 15 is 0 Å². The standard InChI is InChI=1S/C19H24N4O5/c1-21-11-17(25)23(19(21)27)12-18(26)28-13-16(24)20-14-5-7-15(8-6-14)22-9-3-2-4-10-22/h5-8H,2-4,9-13H2,1H3,(H,20,24). The van der Waals surface area contributed by atoms with Crippen LogP contribution in [0.5, 0.6) is 0 Å². The average Bonchev–Trinajstić information content (AvgIpc) is 2.94. The minimum absolute atomic E-state index is 0.0694. The zero-order valence-electron chi connectivity index (χ0n) is 15.8. The fourth-order valence-corrected chi connectivity index (χ4v) is 3.25. The van der Waals surface area contributed by atoms with Gasteiger partial charge in [-0.05, 0) is 43.5 Å². The maximum absolute atomic E-state index is 12.0. The molecule has 1 N–H and O–H groups in total. The van der Waals surface area contributed by atoms with Crippen molar-refractivity contribution in [2.75, 3.05) is 50.1 Å². The van der Waals surface area contributed by atoms with E-state index in [1.807, 2.05) is 12.1 Å². The first-order chi connectivity index (χ1) is 13.4. The lowest BCUT2D eigenvalue weighted by atomic mass is 10.1. The molecule has 0 bridgehead atoms. The zero-order valence-corrected chi connectivity index (χ0v) is 15.8. The Balaban J connectivity index is 1.43. The van der Waals surface area contributed by atoms with Gasteiger partial charge in [-0.25, -0.2) is 4.79 Å². The summed E-state index contributed by atoms with van der Waals surface area (Å²) in [7, 11) is 1.47. The molecule has 0 saturated carbocycles. The molecular weight excluding hydrogens is 364 g/mol. The van der Waals surface area contributed by atoms with Crippen LogP contribution < -0.4 is 10.2 Å². The molecule has 0 radical (unpaired) electrons. The summed E-state index contributed by atoms with van der Waals surface area (Å²) in [6.45, 7) is 1.03. The van der Waals surface area contributed by atoms with Crippen molar-refractivity contribution in [3.63, 3.8) is 0 Å². The number of imide groups is 1. The van der Waals surface area contributed by atoms with Crippen LogP contribution in [0.3, 0.4) is 0 Å². The Morgan fingerprint density at radius 1 is 1.07 bits per heavy atom. The number of urea groups is 1. The summed E-state index contributed by atoms with van der Waals surface area (Å²) >= 11 is 0. The predicted octanol–water partition coefficient (Wildman–Crippen LogP) is 1.05. The first-order valence-corrected chi connectivity index (χ1v) is 9.30. The SMILES string of the molecule is CN1CC(=O)N(CC(=O)OCC(=O)Nc2ccc(N3CCCCC3)cc2)C1=O. The van der Waals surface area contributed by atoms with Gasteiger partial charge in [-0.15, -0.1) is 0 Å². The van der Waals surface area contributed by atoms with Gasteiger partial charge in [0.2, 0.25) is 0 Å². The fourth-order valence-electron chi connectivity index (χ4n) is 3.25. The molecule has 2 saturated heterocycles. The summed E-state index contributed by atoms with van der Waals surface area (Å²) in [5, 5.41) is 2.66. The van der Waals surface area contributed by atoms with E-state index in [1.165, 1.54) is 31.2 Å². The summed E-state index contributed by atoms with van der Waals surface area (Å²) in [4.78, 5) is 51.4. The molecule has 0 spiro atoms. The molecule has 150 valence electrons. The van der Waals surface area contributed by atoms with Crippen LogP contribution in [0.15, 0.2) is 24.3 Å². The first-order valence-electron chi connectivity index (χ1n) is 9.30. The molecule has 2 aliphatic heterocycles. The number of esters is 1. The van der Waals surface area contributed by atoms with Gasteiger partial charge < -0.3 is 19.9 Å². The van der Waals surface area contributed by atoms with Crippen LogP contribution >= 0.6 is 0 Å². The monoisotopic (exact) mass is 388 g/mol. The number of piperidine rings is 1. The number of amides is 4. The summed E-state index contributed by atoms with van der Waals surface area (Å²) < 4.78 is 4.86. The lowest BCUT2D eigenvalue weighted by Crippen LogP contribution is -2.37. The number of likely N-dealkylation sites (N-methyl/N-ethyl adjacent to an activating group) is 1. The van der Waals surface area contributed by atoms with E-state index in [1.54, 1.807) is 12.1 Å². The van der Waals surface area contributed by atoms with Gasteiger partial charge >= 0.3 is 12.0 Å². The average molecular weight is 388 g/mol. The largest absolute Gasteiger partial charge is 0.454 e. The molecular formula is C19H24N4O5. The Labute approximate surface area is 163 Å². The molecule has 2 fully saturated rings. The normalized spacial score (nSPS) is 17.1. The summed E-state index contributed by atoms with van der Waals surface area (Å²) in [5.74, 6) is -1.77. The molecule has 3 rings (SSSR count). The van der Waals surface area contributed by atoms with Crippen molar-refractivity contribution in [1.29, 1.82) is 0 Å². The molecule has 2 heterocycles. The van der Waals surface area contributed by atoms with E-state index in [0.29, 0.717) is 5.69 Å². The van der Waals surface area contributed by atoms with Crippen molar-refractivity contribution in [3.05, 3.63) is 24.3 Å². The lowest BCUT2D eigenvalue weighted by Gasteiger charge is -2.28. The summed E-state index contributed by atoms with van der Waals surface area (Å²) in [6.07, 6.45) is 3.64. The van der Waals surface area contributed by atoms with Crippen LogP contribution in [0.1, 0.15) is 19.3 Å². The number of carbonyl (C=O) groups excluding carboxylic acids is 4. The highest BCUT2D eigenvalue weighted by Crippen LogP contribution is 2.21. The minimum Gasteiger partial charge on any atom is -0.454 e. The second-order valence-electron chi connectivity index (χ2n) is 6.92. The van der Waals surface area contributed by atoms with E-state index in [9.17, 15) is 19.2 Å². The number of hydrogen-bond acceptors (Lipinski definition) is 6. The smallest absolute Gasteiger partial charge is 0.327 e. The van der Waals surface area contributed by atoms with Gasteiger partial charge in [0.25, 0.3) is 11.8 Å². The van der Waals surface area contributed by atoms with Gasteiger partial charge in [0.05, 0.1) is 0 Å². The van der Waals surface area contributed by atoms with Crippen LogP contribution in [0, 0.1) is 0 Å². The van der Waals surface area contributed by atoms with Crippen LogP contribution in [-0.2, 0) is 19.1 Å². The van der Waals surface area contributed by atoms with Gasteiger partial charge in [0.1, 0.15) is 13.1 Å². The van der Waals surface area contributed by atoms with E-state index in [-0.39, 0.29) is 6.54 Å². The third kappa shape index (κ3) is 4.79. The Hall–Kier alpha value is -3.10. The van der Waals surface area contributed by atoms with Crippen molar-refractivity contribution in [3.8, 4) is 0 Å². The number of rotatable bonds is 6. The second-order valence-corrected chi connectivity index (χ2v) is 6.92. The van der Waals surface area contributed by atoms with E-state index in [0.717, 1.165) is 23.7 Å². The number of anilines is 2. The molecule has 9 heteroatoms. The van der Waals surface area contributed by atoms with Crippen LogP contribution in [-0.4, -0.2) is 73.4 Å². The van der Waals surface area contributed by atoms with E-state index < -0.39 is 37.0 Å². The predicted molar refractivity (Wildman–Crippen MR) is 102 cm³/mol. The Morgan fingerprint density at radius 2 is 1.75 bits per heavy atom. The van der Waals surface area contributed by atoms with Gasteiger partial charge in [-0.3, -0.25) is 19.3 Å². The topological polar surface area (TPSA) is 99.3 Å². The lowest BCUT2D eigenvalue weighted by molar-refractivity contribution is -0.149. The van der Waals surface area contributed by atoms with Crippen molar-refractivity contribution in [2.45, 2.75) is 19.3 Å². The Bertz CT molecular complexity index is 758. The third-order valence-electron chi connectivity index (χ3n) is 4.75. The van der Waals surface area contributed by atoms with Crippen LogP contribution in [0.25, 0.3) is 0 Å². The minimum atomic E-state index is -0.812. The molecule has 1 aromatic rings. The van der Waals surface area contributed by atoms with Gasteiger partial charge in [-0.1, -0.05) is 0 Å². The quantitative estimate of drug-likeness (QED) is 0.578. The Morgan fingerprint density at radius 3 is 2.36 bits per heavy atom. The molecule has 2 aliphatic rings. The van der Waals surface area contributed by atoms with Crippen molar-refractivity contribution < 1.29 is 23.9 Å². The molecule has 28 heavy (non-hydrogen) atoms. The molecule has 0 unspecified atom stereocenters. The molecule has 0 aromatic heterocycles. The highest BCUT2D eigenvalue weighted by atomic mass is 16.5. The number of hydrogen-bond donors (Lipinski definition) is 1. The summed E-state index contributed by atoms with van der Waals surface area (Å²) in [6, 6.07) is 6.96. The van der Waals surface area contributed by atoms with Crippen LogP contribution in [0.4, 0.5) is 16.2 Å². The Kier molecular flexibility index (Phi) is 6.13. The highest BCUT2D eigenvalue weighted by Gasteiger charge is 2.35. The van der Waals surface area contributed by atoms with E-state index in [4.69, 9.17) is 4.74 Å². The number of ether oxygens (including phenoxy) is 1. The van der Waals surface area contributed by atoms with Crippen molar-refractivity contribution in [2.24, 2.45) is 0 Å². The first kappa shape index (κ1) is 19.7. The third-order valence-corrected chi connectivity index (χ3v) is 4.75. The number of carbonyl (C=O) groups is 4. The second kappa shape index (κ2) is 8.73. The fraction of sp³-hybridized carbons (Fsp3) is 0.474. The van der Waals surface area contributed by atoms with E-state index in [2.05, 4.69) is 10.2 Å². The maximum Gasteiger partial charge on any atom is 0.327 e. The maximum atomic E-state index is 12.0. The van der Waals surface area contributed by atoms with Gasteiger partial charge in [-0.2, -0.15) is 0 Å². The van der Waals surface area contributed by atoms with Crippen molar-refractivity contribution >= 4 is 35.2 Å².